The van der Waals surface area contributed by atoms with Crippen LogP contribution in [0.25, 0.3) is 0 Å². The minimum atomic E-state index is -0.740. The fourth-order valence-corrected chi connectivity index (χ4v) is 5.37. The number of fused-ring (bicyclic) bond motifs is 1. The Balaban J connectivity index is 1.46. The summed E-state index contributed by atoms with van der Waals surface area (Å²) < 4.78 is 14.0. The molecule has 8 heteroatoms. The Labute approximate surface area is 182 Å². The normalized spacial score (nSPS) is 23.0. The van der Waals surface area contributed by atoms with Crippen LogP contribution in [0.5, 0.6) is 0 Å². The fraction of sp³-hybridized carbons (Fsp3) is 0.609. The monoisotopic (exact) mass is 430 g/mol. The van der Waals surface area contributed by atoms with E-state index in [1.807, 2.05) is 0 Å². The van der Waals surface area contributed by atoms with Crippen LogP contribution >= 0.6 is 0 Å². The molecule has 1 atom stereocenters. The molecular formula is C23H31FN4O3. The number of hydrazine groups is 1. The largest absolute Gasteiger partial charge is 0.308 e. The van der Waals surface area contributed by atoms with Gasteiger partial charge in [0.25, 0.3) is 0 Å². The summed E-state index contributed by atoms with van der Waals surface area (Å²) in [7, 11) is 0. The summed E-state index contributed by atoms with van der Waals surface area (Å²) in [5, 5.41) is 0. The van der Waals surface area contributed by atoms with E-state index < -0.39 is 23.5 Å². The number of benzene rings is 1. The van der Waals surface area contributed by atoms with E-state index >= 15 is 0 Å². The van der Waals surface area contributed by atoms with E-state index in [-0.39, 0.29) is 18.4 Å². The second-order valence-corrected chi connectivity index (χ2v) is 8.96. The molecule has 2 fully saturated rings. The first-order valence-corrected chi connectivity index (χ1v) is 11.4. The summed E-state index contributed by atoms with van der Waals surface area (Å²) in [6.45, 7) is 3.21. The Morgan fingerprint density at radius 3 is 2.42 bits per heavy atom. The molecule has 1 saturated carbocycles. The average molecular weight is 431 g/mol. The molecule has 1 aromatic rings. The molecule has 1 unspecified atom stereocenters. The third kappa shape index (κ3) is 4.74. The van der Waals surface area contributed by atoms with Crippen molar-refractivity contribution in [2.45, 2.75) is 76.3 Å². The summed E-state index contributed by atoms with van der Waals surface area (Å²) in [6.07, 6.45) is 8.09. The number of nitrogens with one attached hydrogen (secondary N) is 2. The Bertz CT molecular complexity index is 847. The molecular weight excluding hydrogens is 399 g/mol. The standard InChI is InChI=1S/C23H31FN4O3/c1-15(29)25-26-22(30)14-20-19-13-16(24)7-8-21(19)28(23(20)31)18-9-11-27(12-10-18)17-5-3-2-4-6-17/h7-8,13,17-18,20H,2-6,9-12,14H2,1H3,(H,25,29)(H,26,30). The number of nitrogens with zero attached hydrogens (tertiary/aromatic N) is 2. The number of carbonyl (C=O) groups is 3. The second-order valence-electron chi connectivity index (χ2n) is 8.96. The number of amides is 3. The van der Waals surface area contributed by atoms with Gasteiger partial charge in [-0.05, 0) is 49.4 Å². The SMILES string of the molecule is CC(=O)NNC(=O)CC1C(=O)N(C2CCN(C3CCCCC3)CC2)c2ccc(F)cc21. The number of hydrogen-bond donors (Lipinski definition) is 2. The lowest BCUT2D eigenvalue weighted by Crippen LogP contribution is -2.50. The molecule has 1 aromatic carbocycles. The van der Waals surface area contributed by atoms with Crippen molar-refractivity contribution >= 4 is 23.4 Å². The molecule has 2 heterocycles. The van der Waals surface area contributed by atoms with Gasteiger partial charge in [0.1, 0.15) is 5.82 Å². The smallest absolute Gasteiger partial charge is 0.239 e. The molecule has 2 N–H and O–H groups in total. The molecule has 7 nitrogen and oxygen atoms in total. The van der Waals surface area contributed by atoms with Crippen LogP contribution in [0, 0.1) is 5.82 Å². The molecule has 3 amide bonds. The first-order valence-electron chi connectivity index (χ1n) is 11.4. The van der Waals surface area contributed by atoms with Crippen molar-refractivity contribution in [1.29, 1.82) is 0 Å². The van der Waals surface area contributed by atoms with Crippen LogP contribution in [-0.2, 0) is 14.4 Å². The topological polar surface area (TPSA) is 81.8 Å². The van der Waals surface area contributed by atoms with Crippen LogP contribution in [0.15, 0.2) is 18.2 Å². The van der Waals surface area contributed by atoms with Gasteiger partial charge in [0.15, 0.2) is 0 Å². The van der Waals surface area contributed by atoms with Gasteiger partial charge in [-0.15, -0.1) is 0 Å². The third-order valence-corrected chi connectivity index (χ3v) is 6.88. The maximum absolute atomic E-state index is 14.0. The van der Waals surface area contributed by atoms with E-state index in [1.54, 1.807) is 11.0 Å². The number of rotatable bonds is 4. The summed E-state index contributed by atoms with van der Waals surface area (Å²) >= 11 is 0. The maximum atomic E-state index is 14.0. The zero-order valence-corrected chi connectivity index (χ0v) is 18.0. The molecule has 168 valence electrons. The number of anilines is 1. The molecule has 0 spiro atoms. The van der Waals surface area contributed by atoms with Gasteiger partial charge in [0, 0.05) is 44.2 Å². The fourth-order valence-electron chi connectivity index (χ4n) is 5.37. The van der Waals surface area contributed by atoms with Crippen molar-refractivity contribution in [3.63, 3.8) is 0 Å². The Morgan fingerprint density at radius 2 is 1.74 bits per heavy atom. The maximum Gasteiger partial charge on any atom is 0.239 e. The minimum Gasteiger partial charge on any atom is -0.308 e. The lowest BCUT2D eigenvalue weighted by Gasteiger charge is -2.41. The van der Waals surface area contributed by atoms with Gasteiger partial charge in [-0.2, -0.15) is 0 Å². The minimum absolute atomic E-state index is 0.0555. The van der Waals surface area contributed by atoms with Crippen molar-refractivity contribution < 1.29 is 18.8 Å². The number of carbonyl (C=O) groups excluding carboxylic acids is 3. The summed E-state index contributed by atoms with van der Waals surface area (Å²) in [5.74, 6) is -2.19. The van der Waals surface area contributed by atoms with E-state index in [0.717, 1.165) is 25.9 Å². The van der Waals surface area contributed by atoms with Gasteiger partial charge in [-0.1, -0.05) is 19.3 Å². The highest BCUT2D eigenvalue weighted by Gasteiger charge is 2.43. The highest BCUT2D eigenvalue weighted by Crippen LogP contribution is 2.42. The van der Waals surface area contributed by atoms with Crippen LogP contribution in [0.3, 0.4) is 0 Å². The van der Waals surface area contributed by atoms with Gasteiger partial charge in [-0.25, -0.2) is 4.39 Å². The molecule has 0 radical (unpaired) electrons. The Kier molecular flexibility index (Phi) is 6.55. The van der Waals surface area contributed by atoms with Crippen LogP contribution in [0.2, 0.25) is 0 Å². The first-order chi connectivity index (χ1) is 14.9. The zero-order chi connectivity index (χ0) is 22.0. The van der Waals surface area contributed by atoms with Crippen LogP contribution in [-0.4, -0.2) is 47.8 Å². The predicted molar refractivity (Wildman–Crippen MR) is 115 cm³/mol. The van der Waals surface area contributed by atoms with E-state index in [1.165, 1.54) is 51.2 Å². The molecule has 3 aliphatic rings. The lowest BCUT2D eigenvalue weighted by atomic mass is 9.91. The van der Waals surface area contributed by atoms with Gasteiger partial charge in [0.05, 0.1) is 5.92 Å². The molecule has 1 saturated heterocycles. The van der Waals surface area contributed by atoms with Gasteiger partial charge in [-0.3, -0.25) is 25.2 Å². The summed E-state index contributed by atoms with van der Waals surface area (Å²) in [4.78, 5) is 41.0. The van der Waals surface area contributed by atoms with Gasteiger partial charge < -0.3 is 9.80 Å². The van der Waals surface area contributed by atoms with Crippen LogP contribution in [0.1, 0.15) is 69.8 Å². The number of halogens is 1. The van der Waals surface area contributed by atoms with Crippen molar-refractivity contribution in [2.75, 3.05) is 18.0 Å². The highest BCUT2D eigenvalue weighted by molar-refractivity contribution is 6.07. The van der Waals surface area contributed by atoms with Gasteiger partial charge >= 0.3 is 0 Å². The molecule has 31 heavy (non-hydrogen) atoms. The van der Waals surface area contributed by atoms with Crippen molar-refractivity contribution in [3.05, 3.63) is 29.6 Å². The first kappa shape index (κ1) is 21.7. The Morgan fingerprint density at radius 1 is 1.03 bits per heavy atom. The van der Waals surface area contributed by atoms with Crippen molar-refractivity contribution in [2.24, 2.45) is 0 Å². The summed E-state index contributed by atoms with van der Waals surface area (Å²) in [6, 6.07) is 5.11. The van der Waals surface area contributed by atoms with Crippen LogP contribution < -0.4 is 15.8 Å². The lowest BCUT2D eigenvalue weighted by molar-refractivity contribution is -0.129. The third-order valence-electron chi connectivity index (χ3n) is 6.88. The number of piperidine rings is 1. The van der Waals surface area contributed by atoms with E-state index in [4.69, 9.17) is 0 Å². The average Bonchev–Trinajstić information content (AvgIpc) is 3.04. The van der Waals surface area contributed by atoms with E-state index in [2.05, 4.69) is 15.8 Å². The molecule has 0 aromatic heterocycles. The zero-order valence-electron chi connectivity index (χ0n) is 18.0. The molecule has 0 bridgehead atoms. The number of likely N-dealkylation sites (tertiary alicyclic amines) is 1. The summed E-state index contributed by atoms with van der Waals surface area (Å²) in [5.41, 5.74) is 5.80. The second kappa shape index (κ2) is 9.34. The van der Waals surface area contributed by atoms with E-state index in [9.17, 15) is 18.8 Å². The van der Waals surface area contributed by atoms with Crippen LogP contribution in [0.4, 0.5) is 10.1 Å². The van der Waals surface area contributed by atoms with Gasteiger partial charge in [0.2, 0.25) is 17.7 Å². The van der Waals surface area contributed by atoms with Crippen molar-refractivity contribution in [1.82, 2.24) is 15.8 Å². The van der Waals surface area contributed by atoms with Crippen molar-refractivity contribution in [3.8, 4) is 0 Å². The molecule has 4 rings (SSSR count). The predicted octanol–water partition coefficient (Wildman–Crippen LogP) is 2.61. The highest BCUT2D eigenvalue weighted by atomic mass is 19.1. The molecule has 2 aliphatic heterocycles. The van der Waals surface area contributed by atoms with E-state index in [0.29, 0.717) is 17.3 Å². The molecule has 1 aliphatic carbocycles. The number of hydrogen-bond acceptors (Lipinski definition) is 4. The quantitative estimate of drug-likeness (QED) is 0.720. The Hall–Kier alpha value is -2.48.